The normalized spacial score (nSPS) is 16.9. The van der Waals surface area contributed by atoms with Gasteiger partial charge in [0.1, 0.15) is 6.33 Å². The molecule has 0 aliphatic carbocycles. The maximum Gasteiger partial charge on any atom is 0.224 e. The lowest BCUT2D eigenvalue weighted by atomic mass is 10.1. The Balaban J connectivity index is 1.32. The molecule has 0 N–H and O–H groups in total. The molecule has 2 aliphatic rings. The van der Waals surface area contributed by atoms with E-state index in [2.05, 4.69) is 48.2 Å². The highest BCUT2D eigenvalue weighted by Crippen LogP contribution is 2.28. The van der Waals surface area contributed by atoms with Crippen LogP contribution in [0.4, 0.5) is 11.5 Å². The summed E-state index contributed by atoms with van der Waals surface area (Å²) in [4.78, 5) is 13.2. The van der Waals surface area contributed by atoms with Crippen molar-refractivity contribution in [3.63, 3.8) is 0 Å². The Morgan fingerprint density at radius 3 is 2.71 bits per heavy atom. The maximum atomic E-state index is 5.55. The van der Waals surface area contributed by atoms with Crippen molar-refractivity contribution in [2.75, 3.05) is 49.7 Å². The molecule has 0 bridgehead atoms. The van der Waals surface area contributed by atoms with Crippen LogP contribution < -0.4 is 14.5 Å². The van der Waals surface area contributed by atoms with E-state index >= 15 is 0 Å². The summed E-state index contributed by atoms with van der Waals surface area (Å²) in [6.45, 7) is 5.00. The van der Waals surface area contributed by atoms with Crippen LogP contribution in [-0.4, -0.2) is 60.1 Å². The third-order valence-electron chi connectivity index (χ3n) is 5.43. The van der Waals surface area contributed by atoms with Gasteiger partial charge in [-0.3, -0.25) is 0 Å². The molecule has 2 aliphatic heterocycles. The number of methoxy groups -OCH3 is 1. The largest absolute Gasteiger partial charge is 0.480 e. The summed E-state index contributed by atoms with van der Waals surface area (Å²) in [5.74, 6) is 1.55. The topological polar surface area (TPSA) is 76.5 Å². The predicted molar refractivity (Wildman–Crippen MR) is 106 cm³/mol. The van der Waals surface area contributed by atoms with E-state index in [-0.39, 0.29) is 0 Å². The highest BCUT2D eigenvalue weighted by atomic mass is 16.5. The average Bonchev–Trinajstić information content (AvgIpc) is 2.78. The predicted octanol–water partition coefficient (Wildman–Crippen LogP) is 1.83. The number of piperazine rings is 1. The van der Waals surface area contributed by atoms with E-state index < -0.39 is 0 Å². The number of anilines is 2. The molecule has 8 heteroatoms. The molecule has 1 aromatic carbocycles. The standard InChI is InChI=1S/C20H22N6O2/c1-27-20-16-11-15(2-3-18(16)21-13-22-20)25-5-7-26(8-6-25)19-10-14-12-28-9-4-17(14)23-24-19/h2-3,10-11,13H,4-9,12H2,1H3. The smallest absolute Gasteiger partial charge is 0.224 e. The van der Waals surface area contributed by atoms with Crippen LogP contribution in [0.15, 0.2) is 30.6 Å². The molecule has 1 fully saturated rings. The summed E-state index contributed by atoms with van der Waals surface area (Å²) in [5.41, 5.74) is 4.28. The summed E-state index contributed by atoms with van der Waals surface area (Å²) >= 11 is 0. The Morgan fingerprint density at radius 2 is 1.86 bits per heavy atom. The Bertz CT molecular complexity index is 1000. The van der Waals surface area contributed by atoms with Crippen molar-refractivity contribution in [1.29, 1.82) is 0 Å². The van der Waals surface area contributed by atoms with Gasteiger partial charge >= 0.3 is 0 Å². The Hall–Kier alpha value is -3.00. The van der Waals surface area contributed by atoms with Gasteiger partial charge in [0.2, 0.25) is 5.88 Å². The molecule has 5 rings (SSSR count). The molecule has 0 unspecified atom stereocenters. The second kappa shape index (κ2) is 7.20. The van der Waals surface area contributed by atoms with Gasteiger partial charge in [0.15, 0.2) is 5.82 Å². The third-order valence-corrected chi connectivity index (χ3v) is 5.43. The van der Waals surface area contributed by atoms with Crippen molar-refractivity contribution < 1.29 is 9.47 Å². The fraction of sp³-hybridized carbons (Fsp3) is 0.400. The van der Waals surface area contributed by atoms with Crippen LogP contribution in [0, 0.1) is 0 Å². The van der Waals surface area contributed by atoms with Crippen LogP contribution in [0.2, 0.25) is 0 Å². The summed E-state index contributed by atoms with van der Waals surface area (Å²) in [5, 5.41) is 9.79. The Labute approximate surface area is 163 Å². The van der Waals surface area contributed by atoms with Crippen LogP contribution >= 0.6 is 0 Å². The molecule has 0 atom stereocenters. The van der Waals surface area contributed by atoms with Crippen LogP contribution in [0.3, 0.4) is 0 Å². The molecule has 0 amide bonds. The number of benzene rings is 1. The van der Waals surface area contributed by atoms with Gasteiger partial charge in [-0.15, -0.1) is 5.10 Å². The number of aromatic nitrogens is 4. The first kappa shape index (κ1) is 17.1. The van der Waals surface area contributed by atoms with Gasteiger partial charge in [-0.2, -0.15) is 5.10 Å². The fourth-order valence-corrected chi connectivity index (χ4v) is 3.86. The fourth-order valence-electron chi connectivity index (χ4n) is 3.86. The lowest BCUT2D eigenvalue weighted by molar-refractivity contribution is 0.109. The van der Waals surface area contributed by atoms with Crippen molar-refractivity contribution in [3.05, 3.63) is 41.9 Å². The van der Waals surface area contributed by atoms with E-state index in [1.54, 1.807) is 7.11 Å². The monoisotopic (exact) mass is 378 g/mol. The van der Waals surface area contributed by atoms with Crippen LogP contribution in [-0.2, 0) is 17.8 Å². The summed E-state index contributed by atoms with van der Waals surface area (Å²) in [6.07, 6.45) is 2.38. The van der Waals surface area contributed by atoms with Gasteiger partial charge in [0, 0.05) is 43.9 Å². The molecule has 1 saturated heterocycles. The molecule has 0 saturated carbocycles. The first-order chi connectivity index (χ1) is 13.8. The first-order valence-corrected chi connectivity index (χ1v) is 9.54. The lowest BCUT2D eigenvalue weighted by Crippen LogP contribution is -2.47. The third kappa shape index (κ3) is 3.09. The number of hydrogen-bond donors (Lipinski definition) is 0. The minimum atomic E-state index is 0.608. The highest BCUT2D eigenvalue weighted by Gasteiger charge is 2.21. The maximum absolute atomic E-state index is 5.55. The lowest BCUT2D eigenvalue weighted by Gasteiger charge is -2.36. The molecule has 28 heavy (non-hydrogen) atoms. The average molecular weight is 378 g/mol. The quantitative estimate of drug-likeness (QED) is 0.683. The number of nitrogens with zero attached hydrogens (tertiary/aromatic N) is 6. The van der Waals surface area contributed by atoms with Gasteiger partial charge in [0.25, 0.3) is 0 Å². The van der Waals surface area contributed by atoms with Gasteiger partial charge in [-0.1, -0.05) is 0 Å². The number of rotatable bonds is 3. The van der Waals surface area contributed by atoms with Crippen molar-refractivity contribution >= 4 is 22.4 Å². The van der Waals surface area contributed by atoms with Gasteiger partial charge in [-0.05, 0) is 24.3 Å². The van der Waals surface area contributed by atoms with Crippen molar-refractivity contribution in [1.82, 2.24) is 20.2 Å². The molecule has 4 heterocycles. The molecule has 2 aromatic heterocycles. The van der Waals surface area contributed by atoms with E-state index in [9.17, 15) is 0 Å². The summed E-state index contributed by atoms with van der Waals surface area (Å²) in [7, 11) is 1.64. The molecule has 0 spiro atoms. The van der Waals surface area contributed by atoms with Crippen LogP contribution in [0.5, 0.6) is 5.88 Å². The minimum Gasteiger partial charge on any atom is -0.480 e. The molecule has 144 valence electrons. The zero-order valence-electron chi connectivity index (χ0n) is 15.8. The summed E-state index contributed by atoms with van der Waals surface area (Å²) in [6, 6.07) is 8.38. The Kier molecular flexibility index (Phi) is 4.40. The highest BCUT2D eigenvalue weighted by molar-refractivity contribution is 5.86. The Morgan fingerprint density at radius 1 is 1.00 bits per heavy atom. The van der Waals surface area contributed by atoms with E-state index in [0.717, 1.165) is 67.3 Å². The van der Waals surface area contributed by atoms with E-state index in [1.807, 2.05) is 6.07 Å². The molecular weight excluding hydrogens is 356 g/mol. The van der Waals surface area contributed by atoms with Crippen LogP contribution in [0.1, 0.15) is 11.3 Å². The first-order valence-electron chi connectivity index (χ1n) is 9.54. The van der Waals surface area contributed by atoms with Gasteiger partial charge in [-0.25, -0.2) is 9.97 Å². The van der Waals surface area contributed by atoms with Gasteiger partial charge in [0.05, 0.1) is 36.9 Å². The van der Waals surface area contributed by atoms with Crippen molar-refractivity contribution in [2.45, 2.75) is 13.0 Å². The number of hydrogen-bond acceptors (Lipinski definition) is 8. The number of fused-ring (bicyclic) bond motifs is 2. The molecule has 8 nitrogen and oxygen atoms in total. The van der Waals surface area contributed by atoms with E-state index in [1.165, 1.54) is 11.9 Å². The SMILES string of the molecule is COc1ncnc2ccc(N3CCN(c4cc5c(nn4)CCOC5)CC3)cc12. The van der Waals surface area contributed by atoms with Crippen LogP contribution in [0.25, 0.3) is 10.9 Å². The molecule has 0 radical (unpaired) electrons. The zero-order valence-corrected chi connectivity index (χ0v) is 15.8. The minimum absolute atomic E-state index is 0.608. The van der Waals surface area contributed by atoms with E-state index in [0.29, 0.717) is 12.5 Å². The molecular formula is C20H22N6O2. The second-order valence-electron chi connectivity index (χ2n) is 7.04. The number of ether oxygens (including phenoxy) is 2. The van der Waals surface area contributed by atoms with Crippen molar-refractivity contribution in [3.8, 4) is 5.88 Å². The van der Waals surface area contributed by atoms with Crippen molar-refractivity contribution in [2.24, 2.45) is 0 Å². The van der Waals surface area contributed by atoms with Gasteiger partial charge < -0.3 is 19.3 Å². The van der Waals surface area contributed by atoms with E-state index in [4.69, 9.17) is 9.47 Å². The zero-order chi connectivity index (χ0) is 18.9. The molecule has 3 aromatic rings. The second-order valence-corrected chi connectivity index (χ2v) is 7.04. The summed E-state index contributed by atoms with van der Waals surface area (Å²) < 4.78 is 10.9.